The number of carbonyl (C=O) groups excluding carboxylic acids is 1. The quantitative estimate of drug-likeness (QED) is 0.717. The maximum absolute atomic E-state index is 12.9. The highest BCUT2D eigenvalue weighted by molar-refractivity contribution is 9.10. The van der Waals surface area contributed by atoms with Crippen LogP contribution in [0.5, 0.6) is 0 Å². The van der Waals surface area contributed by atoms with Gasteiger partial charge in [-0.25, -0.2) is 4.90 Å². The number of anilines is 1. The second-order valence-corrected chi connectivity index (χ2v) is 5.21. The zero-order valence-corrected chi connectivity index (χ0v) is 11.9. The van der Waals surface area contributed by atoms with Gasteiger partial charge >= 0.3 is 6.30 Å². The second kappa shape index (κ2) is 5.48. The predicted octanol–water partition coefficient (Wildman–Crippen LogP) is 4.61. The van der Waals surface area contributed by atoms with Crippen molar-refractivity contribution in [3.8, 4) is 0 Å². The highest BCUT2D eigenvalue weighted by Crippen LogP contribution is 2.36. The van der Waals surface area contributed by atoms with Gasteiger partial charge in [-0.05, 0) is 18.2 Å². The molecule has 0 aliphatic carbocycles. The van der Waals surface area contributed by atoms with Crippen molar-refractivity contribution in [3.05, 3.63) is 27.7 Å². The Morgan fingerprint density at radius 1 is 1.39 bits per heavy atom. The molecular formula is C11H10BrClF3NO. The van der Waals surface area contributed by atoms with Gasteiger partial charge in [0.2, 0.25) is 5.91 Å². The average molecular weight is 345 g/mol. The van der Waals surface area contributed by atoms with Crippen LogP contribution in [0.25, 0.3) is 0 Å². The van der Waals surface area contributed by atoms with Gasteiger partial charge < -0.3 is 0 Å². The molecule has 0 atom stereocenters. The molecule has 0 fully saturated rings. The molecule has 0 aliphatic rings. The van der Waals surface area contributed by atoms with Gasteiger partial charge in [-0.15, -0.1) is 13.2 Å². The van der Waals surface area contributed by atoms with Crippen molar-refractivity contribution in [2.24, 2.45) is 5.92 Å². The number of rotatable bonds is 2. The lowest BCUT2D eigenvalue weighted by Crippen LogP contribution is -2.45. The normalized spacial score (nSPS) is 11.8. The third-order valence-electron chi connectivity index (χ3n) is 2.12. The van der Waals surface area contributed by atoms with Crippen molar-refractivity contribution in [2.45, 2.75) is 20.1 Å². The summed E-state index contributed by atoms with van der Waals surface area (Å²) in [4.78, 5) is 11.4. The Hall–Kier alpha value is -0.750. The van der Waals surface area contributed by atoms with Crippen molar-refractivity contribution < 1.29 is 18.0 Å². The number of benzene rings is 1. The van der Waals surface area contributed by atoms with Gasteiger partial charge in [0.1, 0.15) is 0 Å². The van der Waals surface area contributed by atoms with E-state index in [-0.39, 0.29) is 15.6 Å². The maximum atomic E-state index is 12.9. The minimum absolute atomic E-state index is 0.143. The van der Waals surface area contributed by atoms with Gasteiger partial charge in [-0.2, -0.15) is 0 Å². The van der Waals surface area contributed by atoms with Gasteiger partial charge in [0.25, 0.3) is 0 Å². The average Bonchev–Trinajstić information content (AvgIpc) is 2.19. The number of hydrogen-bond donors (Lipinski definition) is 0. The van der Waals surface area contributed by atoms with Gasteiger partial charge in [-0.1, -0.05) is 41.4 Å². The van der Waals surface area contributed by atoms with Crippen LogP contribution in [-0.2, 0) is 4.79 Å². The summed E-state index contributed by atoms with van der Waals surface area (Å²) in [5.41, 5.74) is -0.369. The zero-order valence-electron chi connectivity index (χ0n) is 9.55. The van der Waals surface area contributed by atoms with Crippen LogP contribution in [0.4, 0.5) is 18.9 Å². The van der Waals surface area contributed by atoms with Crippen LogP contribution >= 0.6 is 27.5 Å². The lowest BCUT2D eigenvalue weighted by Gasteiger charge is -2.27. The summed E-state index contributed by atoms with van der Waals surface area (Å²) in [6.07, 6.45) is -4.81. The summed E-state index contributed by atoms with van der Waals surface area (Å²) in [5, 5.41) is -0.143. The molecule has 0 N–H and O–H groups in total. The lowest BCUT2D eigenvalue weighted by atomic mass is 10.1. The fourth-order valence-electron chi connectivity index (χ4n) is 1.30. The van der Waals surface area contributed by atoms with E-state index >= 15 is 0 Å². The van der Waals surface area contributed by atoms with Crippen molar-refractivity contribution in [3.63, 3.8) is 0 Å². The summed E-state index contributed by atoms with van der Waals surface area (Å²) in [6.45, 7) is 2.79. The highest BCUT2D eigenvalue weighted by atomic mass is 79.9. The molecule has 0 saturated carbocycles. The zero-order chi connectivity index (χ0) is 14.1. The van der Waals surface area contributed by atoms with E-state index < -0.39 is 18.1 Å². The first-order valence-corrected chi connectivity index (χ1v) is 6.17. The summed E-state index contributed by atoms with van der Waals surface area (Å²) >= 11 is 8.85. The first kappa shape index (κ1) is 15.3. The first-order chi connectivity index (χ1) is 8.14. The fraction of sp³-hybridized carbons (Fsp3) is 0.364. The summed E-state index contributed by atoms with van der Waals surface area (Å²) < 4.78 is 39.3. The van der Waals surface area contributed by atoms with E-state index in [0.29, 0.717) is 4.47 Å². The molecule has 18 heavy (non-hydrogen) atoms. The van der Waals surface area contributed by atoms with Crippen molar-refractivity contribution in [1.82, 2.24) is 0 Å². The van der Waals surface area contributed by atoms with Crippen LogP contribution in [0.2, 0.25) is 5.02 Å². The van der Waals surface area contributed by atoms with Gasteiger partial charge in [0.05, 0.1) is 10.7 Å². The Kier molecular flexibility index (Phi) is 4.66. The van der Waals surface area contributed by atoms with Crippen LogP contribution < -0.4 is 4.90 Å². The van der Waals surface area contributed by atoms with Crippen LogP contribution in [0.15, 0.2) is 22.7 Å². The van der Waals surface area contributed by atoms with Crippen LogP contribution in [0.3, 0.4) is 0 Å². The summed E-state index contributed by atoms with van der Waals surface area (Å²) in [5.74, 6) is -1.84. The number of carbonyl (C=O) groups is 1. The van der Waals surface area contributed by atoms with Gasteiger partial charge in [-0.3, -0.25) is 4.79 Å². The molecule has 0 spiro atoms. The van der Waals surface area contributed by atoms with E-state index in [1.54, 1.807) is 0 Å². The fourth-order valence-corrected chi connectivity index (χ4v) is 2.06. The first-order valence-electron chi connectivity index (χ1n) is 5.00. The number of halogens is 5. The standard InChI is InChI=1S/C11H10BrClF3NO/c1-6(2)10(18)17(11(14,15)16)9-4-3-7(12)5-8(9)13/h3-6H,1-2H3. The minimum atomic E-state index is -4.81. The largest absolute Gasteiger partial charge is 0.491 e. The van der Waals surface area contributed by atoms with E-state index in [4.69, 9.17) is 11.6 Å². The smallest absolute Gasteiger partial charge is 0.274 e. The molecule has 0 bridgehead atoms. The second-order valence-electron chi connectivity index (χ2n) is 3.89. The van der Waals surface area contributed by atoms with Crippen molar-refractivity contribution >= 4 is 39.1 Å². The van der Waals surface area contributed by atoms with E-state index in [1.807, 2.05) is 0 Å². The molecule has 0 heterocycles. The Balaban J connectivity index is 3.31. The lowest BCUT2D eigenvalue weighted by molar-refractivity contribution is -0.152. The Labute approximate surface area is 116 Å². The predicted molar refractivity (Wildman–Crippen MR) is 67.5 cm³/mol. The highest BCUT2D eigenvalue weighted by Gasteiger charge is 2.43. The molecule has 1 aromatic rings. The van der Waals surface area contributed by atoms with E-state index in [0.717, 1.165) is 6.07 Å². The molecule has 1 rings (SSSR count). The maximum Gasteiger partial charge on any atom is 0.491 e. The number of amides is 1. The molecule has 0 aromatic heterocycles. The summed E-state index contributed by atoms with van der Waals surface area (Å²) in [6, 6.07) is 3.86. The topological polar surface area (TPSA) is 20.3 Å². The Morgan fingerprint density at radius 3 is 2.33 bits per heavy atom. The van der Waals surface area contributed by atoms with Gasteiger partial charge in [0, 0.05) is 10.4 Å². The SMILES string of the molecule is CC(C)C(=O)N(c1ccc(Br)cc1Cl)C(F)(F)F. The number of hydrogen-bond acceptors (Lipinski definition) is 1. The molecule has 0 unspecified atom stereocenters. The molecule has 100 valence electrons. The Bertz CT molecular complexity index is 462. The molecule has 0 radical (unpaired) electrons. The molecule has 2 nitrogen and oxygen atoms in total. The van der Waals surface area contributed by atoms with E-state index in [2.05, 4.69) is 15.9 Å². The third-order valence-corrected chi connectivity index (χ3v) is 2.91. The molecule has 1 aromatic carbocycles. The molecule has 0 aliphatic heterocycles. The third kappa shape index (κ3) is 3.38. The van der Waals surface area contributed by atoms with Crippen LogP contribution in [0, 0.1) is 5.92 Å². The molecule has 1 amide bonds. The molecular weight excluding hydrogens is 334 g/mol. The van der Waals surface area contributed by atoms with Crippen molar-refractivity contribution in [1.29, 1.82) is 0 Å². The van der Waals surface area contributed by atoms with Gasteiger partial charge in [0.15, 0.2) is 0 Å². The van der Waals surface area contributed by atoms with Crippen LogP contribution in [-0.4, -0.2) is 12.2 Å². The van der Waals surface area contributed by atoms with Crippen LogP contribution in [0.1, 0.15) is 13.8 Å². The number of alkyl halides is 3. The monoisotopic (exact) mass is 343 g/mol. The number of nitrogens with zero attached hydrogens (tertiary/aromatic N) is 1. The van der Waals surface area contributed by atoms with E-state index in [9.17, 15) is 18.0 Å². The summed E-state index contributed by atoms with van der Waals surface area (Å²) in [7, 11) is 0. The molecule has 7 heteroatoms. The Morgan fingerprint density at radius 2 is 1.94 bits per heavy atom. The molecule has 0 saturated heterocycles. The van der Waals surface area contributed by atoms with E-state index in [1.165, 1.54) is 26.0 Å². The minimum Gasteiger partial charge on any atom is -0.274 e. The van der Waals surface area contributed by atoms with Crippen molar-refractivity contribution in [2.75, 3.05) is 4.90 Å².